The Morgan fingerprint density at radius 2 is 1.76 bits per heavy atom. The summed E-state index contributed by atoms with van der Waals surface area (Å²) in [4.78, 5) is 29.9. The number of aliphatic carboxylic acids is 1. The van der Waals surface area contributed by atoms with E-state index in [1.54, 1.807) is 12.1 Å². The van der Waals surface area contributed by atoms with E-state index in [0.717, 1.165) is 41.0 Å². The molecule has 1 amide bonds. The second kappa shape index (κ2) is 10.9. The second-order valence-corrected chi connectivity index (χ2v) is 9.80. The van der Waals surface area contributed by atoms with Gasteiger partial charge in [-0.2, -0.15) is 0 Å². The molecule has 1 aliphatic rings. The Bertz CT molecular complexity index is 1410. The molecule has 190 valence electrons. The highest BCUT2D eigenvalue weighted by atomic mass is 16.4. The topological polar surface area (TPSA) is 95.7 Å². The van der Waals surface area contributed by atoms with Crippen molar-refractivity contribution in [2.45, 2.75) is 57.5 Å². The van der Waals surface area contributed by atoms with Crippen LogP contribution in [0.1, 0.15) is 53.6 Å². The van der Waals surface area contributed by atoms with Gasteiger partial charge < -0.3 is 15.7 Å². The van der Waals surface area contributed by atoms with Crippen LogP contribution < -0.4 is 10.6 Å². The van der Waals surface area contributed by atoms with E-state index >= 15 is 0 Å². The molecule has 2 heterocycles. The summed E-state index contributed by atoms with van der Waals surface area (Å²) < 4.78 is 1.99. The molecule has 1 saturated carbocycles. The van der Waals surface area contributed by atoms with E-state index in [0.29, 0.717) is 17.3 Å². The van der Waals surface area contributed by atoms with Crippen molar-refractivity contribution in [2.24, 2.45) is 0 Å². The van der Waals surface area contributed by atoms with E-state index in [1.165, 1.54) is 19.3 Å². The van der Waals surface area contributed by atoms with E-state index in [1.807, 2.05) is 53.1 Å². The summed E-state index contributed by atoms with van der Waals surface area (Å²) in [5.41, 5.74) is 4.88. The molecule has 3 N–H and O–H groups in total. The number of pyridine rings is 1. The molecule has 0 saturated heterocycles. The number of aromatic nitrogens is 2. The Morgan fingerprint density at radius 1 is 1.03 bits per heavy atom. The Morgan fingerprint density at radius 3 is 2.49 bits per heavy atom. The smallest absolute Gasteiger partial charge is 0.326 e. The van der Waals surface area contributed by atoms with E-state index < -0.39 is 17.9 Å². The van der Waals surface area contributed by atoms with Crippen LogP contribution in [0.5, 0.6) is 0 Å². The van der Waals surface area contributed by atoms with Crippen molar-refractivity contribution >= 4 is 23.3 Å². The lowest BCUT2D eigenvalue weighted by molar-refractivity contribution is -0.139. The molecular weight excluding hydrogens is 464 g/mol. The number of carbonyl (C=O) groups excluding carboxylic acids is 1. The normalized spacial score (nSPS) is 14.8. The van der Waals surface area contributed by atoms with Crippen LogP contribution in [0.4, 0.5) is 5.82 Å². The number of carboxylic acid groups (broad SMARTS) is 1. The fourth-order valence-corrected chi connectivity index (χ4v) is 5.08. The summed E-state index contributed by atoms with van der Waals surface area (Å²) in [5, 5.41) is 16.1. The fourth-order valence-electron chi connectivity index (χ4n) is 5.08. The minimum atomic E-state index is -1.07. The number of carboxylic acids is 1. The lowest BCUT2D eigenvalue weighted by Crippen LogP contribution is -2.42. The summed E-state index contributed by atoms with van der Waals surface area (Å²) in [6, 6.07) is 20.3. The first-order chi connectivity index (χ1) is 18.0. The average molecular weight is 497 g/mol. The minimum Gasteiger partial charge on any atom is -0.480 e. The van der Waals surface area contributed by atoms with Crippen LogP contribution >= 0.6 is 0 Å². The Kier molecular flexibility index (Phi) is 7.21. The number of nitrogens with zero attached hydrogens (tertiary/aromatic N) is 2. The summed E-state index contributed by atoms with van der Waals surface area (Å²) >= 11 is 0. The lowest BCUT2D eigenvalue weighted by atomic mass is 9.95. The Labute approximate surface area is 216 Å². The third-order valence-electron chi connectivity index (χ3n) is 7.12. The number of nitrogens with one attached hydrogen (secondary N) is 2. The Balaban J connectivity index is 1.46. The quantitative estimate of drug-likeness (QED) is 0.300. The van der Waals surface area contributed by atoms with Crippen LogP contribution in [-0.2, 0) is 11.2 Å². The maximum Gasteiger partial charge on any atom is 0.326 e. The predicted octanol–water partition coefficient (Wildman–Crippen LogP) is 5.48. The van der Waals surface area contributed by atoms with Gasteiger partial charge in [0.2, 0.25) is 0 Å². The molecule has 0 bridgehead atoms. The zero-order chi connectivity index (χ0) is 25.8. The van der Waals surface area contributed by atoms with Crippen molar-refractivity contribution in [1.29, 1.82) is 0 Å². The molecule has 7 nitrogen and oxygen atoms in total. The molecule has 7 heteroatoms. The molecule has 2 aromatic carbocycles. The van der Waals surface area contributed by atoms with Crippen molar-refractivity contribution in [2.75, 3.05) is 5.32 Å². The van der Waals surface area contributed by atoms with Gasteiger partial charge in [0.05, 0.1) is 0 Å². The van der Waals surface area contributed by atoms with Gasteiger partial charge in [0.25, 0.3) is 5.91 Å². The van der Waals surface area contributed by atoms with E-state index in [-0.39, 0.29) is 6.42 Å². The fraction of sp³-hybridized carbons (Fsp3) is 0.300. The molecule has 1 aliphatic carbocycles. The average Bonchev–Trinajstić information content (AvgIpc) is 3.26. The summed E-state index contributed by atoms with van der Waals surface area (Å²) in [6.07, 6.45) is 8.00. The van der Waals surface area contributed by atoms with Crippen molar-refractivity contribution in [3.63, 3.8) is 0 Å². The number of hydrogen-bond acceptors (Lipinski definition) is 4. The maximum atomic E-state index is 13.1. The van der Waals surface area contributed by atoms with E-state index in [2.05, 4.69) is 29.7 Å². The molecule has 2 aromatic heterocycles. The van der Waals surface area contributed by atoms with Gasteiger partial charge in [0.15, 0.2) is 0 Å². The van der Waals surface area contributed by atoms with Gasteiger partial charge in [-0.3, -0.25) is 9.20 Å². The Hall–Kier alpha value is -4.13. The molecule has 1 unspecified atom stereocenters. The van der Waals surface area contributed by atoms with Gasteiger partial charge in [0, 0.05) is 29.8 Å². The van der Waals surface area contributed by atoms with Crippen molar-refractivity contribution in [3.05, 3.63) is 89.6 Å². The molecule has 1 atom stereocenters. The van der Waals surface area contributed by atoms with Crippen LogP contribution in [-0.4, -0.2) is 38.5 Å². The molecule has 4 aromatic rings. The van der Waals surface area contributed by atoms with Crippen LogP contribution in [0, 0.1) is 6.92 Å². The first kappa shape index (κ1) is 24.6. The van der Waals surface area contributed by atoms with Crippen molar-refractivity contribution in [3.8, 4) is 11.3 Å². The van der Waals surface area contributed by atoms with Gasteiger partial charge >= 0.3 is 5.97 Å². The van der Waals surface area contributed by atoms with Gasteiger partial charge in [-0.05, 0) is 43.0 Å². The van der Waals surface area contributed by atoms with Crippen LogP contribution in [0.3, 0.4) is 0 Å². The third-order valence-corrected chi connectivity index (χ3v) is 7.12. The first-order valence-corrected chi connectivity index (χ1v) is 12.9. The number of aryl methyl sites for hydroxylation is 1. The summed E-state index contributed by atoms with van der Waals surface area (Å²) in [6.45, 7) is 2.07. The van der Waals surface area contributed by atoms with Crippen molar-refractivity contribution in [1.82, 2.24) is 14.7 Å². The molecule has 5 rings (SSSR count). The van der Waals surface area contributed by atoms with Gasteiger partial charge in [-0.1, -0.05) is 73.9 Å². The summed E-state index contributed by atoms with van der Waals surface area (Å²) in [5.74, 6) is -0.580. The first-order valence-electron chi connectivity index (χ1n) is 12.9. The molecule has 0 radical (unpaired) electrons. The van der Waals surface area contributed by atoms with Gasteiger partial charge in [-0.15, -0.1) is 0 Å². The largest absolute Gasteiger partial charge is 0.480 e. The number of anilines is 1. The number of benzene rings is 2. The highest BCUT2D eigenvalue weighted by Gasteiger charge is 2.24. The van der Waals surface area contributed by atoms with Gasteiger partial charge in [0.1, 0.15) is 23.2 Å². The summed E-state index contributed by atoms with van der Waals surface area (Å²) in [7, 11) is 0. The molecular formula is C30H32N4O3. The second-order valence-electron chi connectivity index (χ2n) is 9.80. The van der Waals surface area contributed by atoms with Crippen LogP contribution in [0.15, 0.2) is 72.9 Å². The SMILES string of the molecule is Cc1ccccc1-c1nc2cc(C(=O)NC(Cc3ccccc3)C(=O)O)ccn2c1NC1CCCCC1. The lowest BCUT2D eigenvalue weighted by Gasteiger charge is -2.24. The standard InChI is InChI=1S/C30H32N4O3/c1-20-10-8-9-15-24(20)27-28(31-23-13-6-3-7-14-23)34-17-16-22(19-26(34)33-27)29(35)32-25(30(36)37)18-21-11-4-2-5-12-21/h2,4-5,8-12,15-17,19,23,25,31H,3,6-7,13-14,18H2,1H3,(H,32,35)(H,36,37). The van der Waals surface area contributed by atoms with Crippen molar-refractivity contribution < 1.29 is 14.7 Å². The van der Waals surface area contributed by atoms with E-state index in [4.69, 9.17) is 4.98 Å². The number of rotatable bonds is 8. The van der Waals surface area contributed by atoms with Gasteiger partial charge in [-0.25, -0.2) is 9.78 Å². The highest BCUT2D eigenvalue weighted by Crippen LogP contribution is 2.33. The minimum absolute atomic E-state index is 0.209. The molecule has 37 heavy (non-hydrogen) atoms. The molecule has 0 spiro atoms. The zero-order valence-corrected chi connectivity index (χ0v) is 21.0. The number of hydrogen-bond donors (Lipinski definition) is 3. The maximum absolute atomic E-state index is 13.1. The molecule has 0 aliphatic heterocycles. The third kappa shape index (κ3) is 5.50. The number of amides is 1. The predicted molar refractivity (Wildman–Crippen MR) is 145 cm³/mol. The zero-order valence-electron chi connectivity index (χ0n) is 21.0. The number of imidazole rings is 1. The number of fused-ring (bicyclic) bond motifs is 1. The van der Waals surface area contributed by atoms with Crippen LogP contribution in [0.25, 0.3) is 16.9 Å². The molecule has 1 fully saturated rings. The monoisotopic (exact) mass is 496 g/mol. The van der Waals surface area contributed by atoms with E-state index in [9.17, 15) is 14.7 Å². The number of carbonyl (C=O) groups is 2. The van der Waals surface area contributed by atoms with Crippen LogP contribution in [0.2, 0.25) is 0 Å². The highest BCUT2D eigenvalue weighted by molar-refractivity contribution is 5.97.